The Morgan fingerprint density at radius 1 is 1.47 bits per heavy atom. The summed E-state index contributed by atoms with van der Waals surface area (Å²) in [6.07, 6.45) is 5.78. The van der Waals surface area contributed by atoms with Gasteiger partial charge in [0.2, 0.25) is 5.89 Å². The van der Waals surface area contributed by atoms with E-state index in [1.54, 1.807) is 0 Å². The summed E-state index contributed by atoms with van der Waals surface area (Å²) in [4.78, 5) is 0. The van der Waals surface area contributed by atoms with Crippen LogP contribution in [0.1, 0.15) is 37.3 Å². The largest absolute Gasteiger partial charge is 0.405 e. The third kappa shape index (κ3) is 2.76. The van der Waals surface area contributed by atoms with E-state index >= 15 is 0 Å². The van der Waals surface area contributed by atoms with Crippen molar-refractivity contribution >= 4 is 6.01 Å². The van der Waals surface area contributed by atoms with Crippen molar-refractivity contribution in [3.8, 4) is 0 Å². The summed E-state index contributed by atoms with van der Waals surface area (Å²) in [5.41, 5.74) is 1.08. The highest BCUT2D eigenvalue weighted by atomic mass is 16.5. The normalized spacial score (nSPS) is 18.9. The molecule has 1 fully saturated rings. The van der Waals surface area contributed by atoms with Crippen LogP contribution in [0, 0.1) is 0 Å². The van der Waals surface area contributed by atoms with Gasteiger partial charge in [-0.25, -0.2) is 0 Å². The number of ether oxygens (including phenoxy) is 1. The van der Waals surface area contributed by atoms with Gasteiger partial charge in [0.25, 0.3) is 0 Å². The van der Waals surface area contributed by atoms with E-state index in [1.165, 1.54) is 0 Å². The maximum atomic E-state index is 5.54. The highest BCUT2D eigenvalue weighted by molar-refractivity contribution is 5.21. The van der Waals surface area contributed by atoms with Gasteiger partial charge in [-0.3, -0.25) is 4.68 Å². The summed E-state index contributed by atoms with van der Waals surface area (Å²) in [7, 11) is 0. The average Bonchev–Trinajstić information content (AvgIpc) is 3.16. The van der Waals surface area contributed by atoms with Crippen LogP contribution in [0.5, 0.6) is 0 Å². The predicted octanol–water partition coefficient (Wildman–Crippen LogP) is 1.75. The van der Waals surface area contributed by atoms with Gasteiger partial charge in [0.1, 0.15) is 6.10 Å². The van der Waals surface area contributed by atoms with Gasteiger partial charge >= 0.3 is 6.01 Å². The molecule has 0 aliphatic carbocycles. The van der Waals surface area contributed by atoms with Gasteiger partial charge in [-0.1, -0.05) is 5.10 Å². The van der Waals surface area contributed by atoms with Crippen LogP contribution in [0.4, 0.5) is 6.01 Å². The molecule has 102 valence electrons. The molecule has 1 aliphatic rings. The molecule has 0 aromatic carbocycles. The van der Waals surface area contributed by atoms with Crippen LogP contribution in [-0.4, -0.2) is 26.6 Å². The minimum absolute atomic E-state index is 0.0362. The molecule has 1 saturated heterocycles. The second-order valence-corrected chi connectivity index (χ2v) is 4.50. The predicted molar refractivity (Wildman–Crippen MR) is 67.5 cm³/mol. The lowest BCUT2D eigenvalue weighted by atomic mass is 10.2. The second-order valence-electron chi connectivity index (χ2n) is 4.50. The first-order valence-corrected chi connectivity index (χ1v) is 6.55. The number of aromatic nitrogens is 4. The number of hydrogen-bond acceptors (Lipinski definition) is 6. The van der Waals surface area contributed by atoms with Crippen molar-refractivity contribution in [1.82, 2.24) is 20.0 Å². The quantitative estimate of drug-likeness (QED) is 0.885. The van der Waals surface area contributed by atoms with E-state index in [4.69, 9.17) is 9.15 Å². The summed E-state index contributed by atoms with van der Waals surface area (Å²) in [5.74, 6) is 0.559. The van der Waals surface area contributed by atoms with Gasteiger partial charge in [0.15, 0.2) is 0 Å². The lowest BCUT2D eigenvalue weighted by Crippen LogP contribution is -1.99. The molecule has 0 unspecified atom stereocenters. The van der Waals surface area contributed by atoms with Gasteiger partial charge in [-0.05, 0) is 19.8 Å². The van der Waals surface area contributed by atoms with Crippen molar-refractivity contribution < 1.29 is 9.15 Å². The molecule has 0 amide bonds. The van der Waals surface area contributed by atoms with E-state index in [-0.39, 0.29) is 6.10 Å². The van der Waals surface area contributed by atoms with Crippen molar-refractivity contribution in [3.63, 3.8) is 0 Å². The zero-order valence-corrected chi connectivity index (χ0v) is 10.9. The first kappa shape index (κ1) is 12.2. The fourth-order valence-corrected chi connectivity index (χ4v) is 2.06. The molecule has 1 aliphatic heterocycles. The number of anilines is 1. The molecule has 2 aromatic rings. The number of nitrogens with one attached hydrogen (secondary N) is 1. The van der Waals surface area contributed by atoms with Crippen LogP contribution in [0.15, 0.2) is 16.8 Å². The maximum absolute atomic E-state index is 5.54. The molecule has 2 aromatic heterocycles. The first-order chi connectivity index (χ1) is 9.35. The Morgan fingerprint density at radius 2 is 2.42 bits per heavy atom. The van der Waals surface area contributed by atoms with Crippen molar-refractivity contribution in [2.75, 3.05) is 11.9 Å². The average molecular weight is 263 g/mol. The fraction of sp³-hybridized carbons (Fsp3) is 0.583. The Hall–Kier alpha value is -1.89. The van der Waals surface area contributed by atoms with E-state index in [0.29, 0.717) is 18.5 Å². The van der Waals surface area contributed by atoms with E-state index < -0.39 is 0 Å². The van der Waals surface area contributed by atoms with Gasteiger partial charge in [0, 0.05) is 31.5 Å². The Balaban J connectivity index is 1.57. The fourth-order valence-electron chi connectivity index (χ4n) is 2.06. The summed E-state index contributed by atoms with van der Waals surface area (Å²) in [6, 6.07) is 0.426. The highest BCUT2D eigenvalue weighted by Crippen LogP contribution is 2.28. The monoisotopic (exact) mass is 263 g/mol. The van der Waals surface area contributed by atoms with E-state index in [9.17, 15) is 0 Å². The molecular formula is C12H17N5O2. The van der Waals surface area contributed by atoms with Crippen LogP contribution in [0.3, 0.4) is 0 Å². The zero-order valence-electron chi connectivity index (χ0n) is 10.9. The molecule has 1 N–H and O–H groups in total. The van der Waals surface area contributed by atoms with Crippen LogP contribution in [-0.2, 0) is 17.8 Å². The molecular weight excluding hydrogens is 246 g/mol. The standard InChI is InChI=1S/C12H17N5O2/c1-2-17-8-9(7-14-17)6-13-12-16-15-11(19-12)10-4-3-5-18-10/h7-8,10H,2-6H2,1H3,(H,13,16)/t10-/m1/s1. The minimum Gasteiger partial charge on any atom is -0.405 e. The topological polar surface area (TPSA) is 78.0 Å². The Kier molecular flexibility index (Phi) is 3.45. The molecule has 7 nitrogen and oxygen atoms in total. The molecule has 19 heavy (non-hydrogen) atoms. The summed E-state index contributed by atoms with van der Waals surface area (Å²) in [6.45, 7) is 4.30. The molecule has 0 radical (unpaired) electrons. The zero-order chi connectivity index (χ0) is 13.1. The molecule has 3 heterocycles. The molecule has 0 spiro atoms. The maximum Gasteiger partial charge on any atom is 0.315 e. The van der Waals surface area contributed by atoms with Crippen LogP contribution < -0.4 is 5.32 Å². The Bertz CT molecular complexity index is 530. The van der Waals surface area contributed by atoms with Gasteiger partial charge < -0.3 is 14.5 Å². The summed E-state index contributed by atoms with van der Waals surface area (Å²) < 4.78 is 12.9. The van der Waals surface area contributed by atoms with E-state index in [0.717, 1.165) is 31.6 Å². The minimum atomic E-state index is -0.0362. The van der Waals surface area contributed by atoms with Crippen molar-refractivity contribution in [1.29, 1.82) is 0 Å². The third-order valence-electron chi connectivity index (χ3n) is 3.10. The van der Waals surface area contributed by atoms with Crippen LogP contribution in [0.25, 0.3) is 0 Å². The lowest BCUT2D eigenvalue weighted by Gasteiger charge is -2.02. The van der Waals surface area contributed by atoms with Crippen LogP contribution in [0.2, 0.25) is 0 Å². The Labute approximate surface area is 111 Å². The van der Waals surface area contributed by atoms with Crippen molar-refractivity contribution in [2.24, 2.45) is 0 Å². The summed E-state index contributed by atoms with van der Waals surface area (Å²) in [5, 5.41) is 15.3. The SMILES string of the molecule is CCn1cc(CNc2nnc([C@H]3CCCO3)o2)cn1. The van der Waals surface area contributed by atoms with Gasteiger partial charge in [0.05, 0.1) is 6.20 Å². The van der Waals surface area contributed by atoms with Crippen molar-refractivity contribution in [3.05, 3.63) is 23.8 Å². The first-order valence-electron chi connectivity index (χ1n) is 6.55. The van der Waals surface area contributed by atoms with E-state index in [2.05, 4.69) is 27.5 Å². The Morgan fingerprint density at radius 3 is 3.16 bits per heavy atom. The number of aryl methyl sites for hydroxylation is 1. The van der Waals surface area contributed by atoms with E-state index in [1.807, 2.05) is 17.1 Å². The van der Waals surface area contributed by atoms with Crippen LogP contribution >= 0.6 is 0 Å². The molecule has 0 bridgehead atoms. The molecule has 1 atom stereocenters. The lowest BCUT2D eigenvalue weighted by molar-refractivity contribution is 0.0897. The third-order valence-corrected chi connectivity index (χ3v) is 3.10. The number of hydrogen-bond donors (Lipinski definition) is 1. The number of rotatable bonds is 5. The molecule has 7 heteroatoms. The second kappa shape index (κ2) is 5.40. The smallest absolute Gasteiger partial charge is 0.315 e. The van der Waals surface area contributed by atoms with Gasteiger partial charge in [-0.15, -0.1) is 5.10 Å². The van der Waals surface area contributed by atoms with Gasteiger partial charge in [-0.2, -0.15) is 5.10 Å². The number of nitrogens with zero attached hydrogens (tertiary/aromatic N) is 4. The van der Waals surface area contributed by atoms with Crippen molar-refractivity contribution in [2.45, 2.75) is 39.0 Å². The molecule has 0 saturated carbocycles. The summed E-state index contributed by atoms with van der Waals surface area (Å²) >= 11 is 0. The molecule has 3 rings (SSSR count). The highest BCUT2D eigenvalue weighted by Gasteiger charge is 2.23.